The molecule has 0 saturated carbocycles. The third kappa shape index (κ3) is 4.31. The Kier molecular flexibility index (Phi) is 6.56. The summed E-state index contributed by atoms with van der Waals surface area (Å²) >= 11 is 0. The Morgan fingerprint density at radius 3 is 1.82 bits per heavy atom. The number of aromatic nitrogens is 2. The number of hydrogen-bond donors (Lipinski definition) is 0. The fraction of sp³-hybridized carbons (Fsp3) is 0. The Morgan fingerprint density at radius 2 is 1.06 bits per heavy atom. The van der Waals surface area contributed by atoms with E-state index in [1.54, 1.807) is 0 Å². The number of nitriles is 3. The first kappa shape index (κ1) is 28.8. The van der Waals surface area contributed by atoms with Crippen LogP contribution < -0.4 is 0 Å². The lowest BCUT2D eigenvalue weighted by Crippen LogP contribution is -1.98. The van der Waals surface area contributed by atoms with E-state index in [0.29, 0.717) is 16.7 Å². The van der Waals surface area contributed by atoms with Crippen molar-refractivity contribution in [2.24, 2.45) is 0 Å². The number of rotatable bonds is 4. The highest BCUT2D eigenvalue weighted by atomic mass is 15.0. The third-order valence-electron chi connectivity index (χ3n) is 9.63. The van der Waals surface area contributed by atoms with Crippen LogP contribution in [0.15, 0.2) is 152 Å². The van der Waals surface area contributed by atoms with E-state index in [0.717, 1.165) is 66.5 Å². The van der Waals surface area contributed by atoms with E-state index in [-0.39, 0.29) is 0 Å². The van der Waals surface area contributed by atoms with Crippen molar-refractivity contribution in [3.8, 4) is 51.8 Å². The van der Waals surface area contributed by atoms with E-state index in [1.165, 1.54) is 10.8 Å². The molecule has 0 bridgehead atoms. The van der Waals surface area contributed by atoms with Crippen molar-refractivity contribution in [2.45, 2.75) is 0 Å². The SMILES string of the molecule is N#Cc1ccc2c(c1)c1cccc(C#N)c1n2-c1cccc(-c2ccc(C#N)c(-c3ccccc3-n3c4ccccc4c4ccccc43)c2)c1. The molecule has 230 valence electrons. The molecule has 2 heterocycles. The molecule has 9 aromatic rings. The van der Waals surface area contributed by atoms with Gasteiger partial charge in [-0.25, -0.2) is 0 Å². The molecule has 0 unspecified atom stereocenters. The van der Waals surface area contributed by atoms with Crippen LogP contribution >= 0.6 is 0 Å². The van der Waals surface area contributed by atoms with Gasteiger partial charge in [0, 0.05) is 38.4 Å². The zero-order valence-electron chi connectivity index (χ0n) is 26.7. The van der Waals surface area contributed by atoms with Crippen molar-refractivity contribution >= 4 is 43.6 Å². The molecule has 5 nitrogen and oxygen atoms in total. The van der Waals surface area contributed by atoms with Gasteiger partial charge in [0.1, 0.15) is 6.07 Å². The van der Waals surface area contributed by atoms with E-state index in [1.807, 2.05) is 72.8 Å². The van der Waals surface area contributed by atoms with Gasteiger partial charge < -0.3 is 9.13 Å². The molecular formula is C45H25N5. The van der Waals surface area contributed by atoms with Gasteiger partial charge in [-0.3, -0.25) is 0 Å². The fourth-order valence-electron chi connectivity index (χ4n) is 7.44. The first-order chi connectivity index (χ1) is 24.7. The molecule has 0 amide bonds. The summed E-state index contributed by atoms with van der Waals surface area (Å²) in [5, 5.41) is 34.3. The molecule has 0 radical (unpaired) electrons. The van der Waals surface area contributed by atoms with Gasteiger partial charge in [-0.2, -0.15) is 15.8 Å². The standard InChI is InChI=1S/C45H25N5/c46-26-29-19-22-44-40(23-29)38-15-8-10-33(28-48)45(38)49(44)34-11-7-9-30(24-34)31-20-21-32(27-47)39(25-31)37-14-3-6-18-43(37)50-41-16-4-1-12-35(41)36-13-2-5-17-42(36)50/h1-25H. The van der Waals surface area contributed by atoms with Gasteiger partial charge in [0.25, 0.3) is 0 Å². The monoisotopic (exact) mass is 635 g/mol. The summed E-state index contributed by atoms with van der Waals surface area (Å²) in [5.74, 6) is 0. The van der Waals surface area contributed by atoms with Crippen LogP contribution in [-0.2, 0) is 0 Å². The Balaban J connectivity index is 1.25. The summed E-state index contributed by atoms with van der Waals surface area (Å²) in [4.78, 5) is 0. The molecular weight excluding hydrogens is 611 g/mol. The molecule has 0 aliphatic heterocycles. The normalized spacial score (nSPS) is 11.1. The lowest BCUT2D eigenvalue weighted by Gasteiger charge is -2.16. The van der Waals surface area contributed by atoms with Crippen molar-refractivity contribution in [3.63, 3.8) is 0 Å². The topological polar surface area (TPSA) is 81.2 Å². The van der Waals surface area contributed by atoms with Crippen molar-refractivity contribution in [1.29, 1.82) is 15.8 Å². The fourth-order valence-corrected chi connectivity index (χ4v) is 7.44. The van der Waals surface area contributed by atoms with Gasteiger partial charge in [0.15, 0.2) is 0 Å². The third-order valence-corrected chi connectivity index (χ3v) is 9.63. The second kappa shape index (κ2) is 11.4. The van der Waals surface area contributed by atoms with Crippen LogP contribution in [0.1, 0.15) is 16.7 Å². The van der Waals surface area contributed by atoms with E-state index < -0.39 is 0 Å². The summed E-state index contributed by atoms with van der Waals surface area (Å²) < 4.78 is 4.40. The van der Waals surface area contributed by atoms with Crippen LogP contribution in [0.5, 0.6) is 0 Å². The molecule has 0 N–H and O–H groups in total. The highest BCUT2D eigenvalue weighted by Gasteiger charge is 2.19. The average molecular weight is 636 g/mol. The van der Waals surface area contributed by atoms with Crippen LogP contribution in [-0.4, -0.2) is 9.13 Å². The van der Waals surface area contributed by atoms with Gasteiger partial charge >= 0.3 is 0 Å². The number of para-hydroxylation sites is 4. The summed E-state index contributed by atoms with van der Waals surface area (Å²) in [5.41, 5.74) is 11.3. The molecule has 0 aliphatic rings. The van der Waals surface area contributed by atoms with Crippen LogP contribution in [0, 0.1) is 34.0 Å². The Labute approximate surface area is 287 Å². The molecule has 0 saturated heterocycles. The van der Waals surface area contributed by atoms with Gasteiger partial charge in [0.05, 0.1) is 56.6 Å². The van der Waals surface area contributed by atoms with E-state index >= 15 is 0 Å². The van der Waals surface area contributed by atoms with Crippen LogP contribution in [0.2, 0.25) is 0 Å². The summed E-state index contributed by atoms with van der Waals surface area (Å²) in [6.07, 6.45) is 0. The highest BCUT2D eigenvalue weighted by molar-refractivity contribution is 6.12. The minimum absolute atomic E-state index is 0.560. The predicted molar refractivity (Wildman–Crippen MR) is 200 cm³/mol. The molecule has 9 rings (SSSR count). The molecule has 0 spiro atoms. The molecule has 50 heavy (non-hydrogen) atoms. The molecule has 2 aromatic heterocycles. The van der Waals surface area contributed by atoms with Crippen LogP contribution in [0.25, 0.3) is 77.2 Å². The molecule has 5 heteroatoms. The van der Waals surface area contributed by atoms with Crippen molar-refractivity contribution in [1.82, 2.24) is 9.13 Å². The quantitative estimate of drug-likeness (QED) is 0.193. The van der Waals surface area contributed by atoms with Gasteiger partial charge in [0.2, 0.25) is 0 Å². The highest BCUT2D eigenvalue weighted by Crippen LogP contribution is 2.39. The maximum atomic E-state index is 10.4. The van der Waals surface area contributed by atoms with Crippen molar-refractivity contribution in [2.75, 3.05) is 0 Å². The molecule has 7 aromatic carbocycles. The summed E-state index contributed by atoms with van der Waals surface area (Å²) in [6.45, 7) is 0. The average Bonchev–Trinajstić information content (AvgIpc) is 3.70. The predicted octanol–water partition coefficient (Wildman–Crippen LogP) is 10.8. The smallest absolute Gasteiger partial charge is 0.101 e. The maximum absolute atomic E-state index is 10.4. The number of fused-ring (bicyclic) bond motifs is 6. The lowest BCUT2D eigenvalue weighted by molar-refractivity contribution is 1.17. The number of nitrogens with zero attached hydrogens (tertiary/aromatic N) is 5. The first-order valence-electron chi connectivity index (χ1n) is 16.3. The Morgan fingerprint density at radius 1 is 0.400 bits per heavy atom. The minimum Gasteiger partial charge on any atom is -0.309 e. The van der Waals surface area contributed by atoms with Gasteiger partial charge in [-0.1, -0.05) is 84.9 Å². The second-order valence-corrected chi connectivity index (χ2v) is 12.3. The molecule has 0 aliphatic carbocycles. The maximum Gasteiger partial charge on any atom is 0.101 e. The van der Waals surface area contributed by atoms with Gasteiger partial charge in [-0.05, 0) is 77.9 Å². The van der Waals surface area contributed by atoms with E-state index in [2.05, 4.69) is 106 Å². The first-order valence-corrected chi connectivity index (χ1v) is 16.3. The summed E-state index contributed by atoms with van der Waals surface area (Å²) in [7, 11) is 0. The molecule has 0 atom stereocenters. The van der Waals surface area contributed by atoms with Gasteiger partial charge in [-0.15, -0.1) is 0 Å². The van der Waals surface area contributed by atoms with E-state index in [4.69, 9.17) is 0 Å². The zero-order chi connectivity index (χ0) is 33.8. The van der Waals surface area contributed by atoms with Crippen LogP contribution in [0.4, 0.5) is 0 Å². The van der Waals surface area contributed by atoms with E-state index in [9.17, 15) is 15.8 Å². The van der Waals surface area contributed by atoms with Crippen molar-refractivity contribution in [3.05, 3.63) is 168 Å². The Bertz CT molecular complexity index is 2920. The number of hydrogen-bond acceptors (Lipinski definition) is 3. The Hall–Kier alpha value is -7.39. The summed E-state index contributed by atoms with van der Waals surface area (Å²) in [6, 6.07) is 57.8. The largest absolute Gasteiger partial charge is 0.309 e. The second-order valence-electron chi connectivity index (χ2n) is 12.3. The lowest BCUT2D eigenvalue weighted by atomic mass is 9.93. The zero-order valence-corrected chi connectivity index (χ0v) is 26.7. The molecule has 0 fully saturated rings. The van der Waals surface area contributed by atoms with Crippen LogP contribution in [0.3, 0.4) is 0 Å². The minimum atomic E-state index is 0.560. The van der Waals surface area contributed by atoms with Crippen molar-refractivity contribution < 1.29 is 0 Å². The number of benzene rings is 7.